The summed E-state index contributed by atoms with van der Waals surface area (Å²) in [5.74, 6) is 5.33. The minimum Gasteiger partial charge on any atom is -0.496 e. The molecule has 0 spiro atoms. The van der Waals surface area contributed by atoms with Crippen molar-refractivity contribution in [3.8, 4) is 11.5 Å². The number of methoxy groups -OCH3 is 2. The molecule has 1 amide bonds. The Kier molecular flexibility index (Phi) is 6.56. The van der Waals surface area contributed by atoms with E-state index in [1.165, 1.54) is 14.2 Å². The molecule has 3 N–H and O–H groups in total. The standard InChI is InChI=1S/C17H20N2O5/c1-21-13-9-6-10-14(22-2)16(13)17(20)19-15(23-24-18)11-12-7-4-3-5-8-12/h3-10,15H,11,18H2,1-2H3,(H,19,20)/t15-/m0/s1. The van der Waals surface area contributed by atoms with Crippen molar-refractivity contribution in [2.75, 3.05) is 14.2 Å². The van der Waals surface area contributed by atoms with Gasteiger partial charge >= 0.3 is 0 Å². The van der Waals surface area contributed by atoms with Crippen molar-refractivity contribution in [1.29, 1.82) is 0 Å². The highest BCUT2D eigenvalue weighted by atomic mass is 17.3. The van der Waals surface area contributed by atoms with Gasteiger partial charge in [-0.2, -0.15) is 10.8 Å². The number of hydrogen-bond acceptors (Lipinski definition) is 6. The predicted molar refractivity (Wildman–Crippen MR) is 87.3 cm³/mol. The van der Waals surface area contributed by atoms with E-state index in [4.69, 9.17) is 20.3 Å². The topological polar surface area (TPSA) is 92.0 Å². The van der Waals surface area contributed by atoms with Gasteiger partial charge in [-0.3, -0.25) is 4.79 Å². The van der Waals surface area contributed by atoms with Crippen molar-refractivity contribution in [1.82, 2.24) is 5.32 Å². The molecule has 0 aliphatic rings. The summed E-state index contributed by atoms with van der Waals surface area (Å²) in [5.41, 5.74) is 1.22. The maximum Gasteiger partial charge on any atom is 0.260 e. The smallest absolute Gasteiger partial charge is 0.260 e. The average Bonchev–Trinajstić information content (AvgIpc) is 2.61. The number of carbonyl (C=O) groups is 1. The second kappa shape index (κ2) is 8.88. The Morgan fingerprint density at radius 2 is 1.67 bits per heavy atom. The minimum atomic E-state index is -0.778. The van der Waals surface area contributed by atoms with Crippen molar-refractivity contribution in [3.05, 3.63) is 59.7 Å². The Balaban J connectivity index is 2.19. The molecule has 0 aliphatic carbocycles. The first-order valence-corrected chi connectivity index (χ1v) is 7.27. The molecule has 2 aromatic rings. The summed E-state index contributed by atoms with van der Waals surface area (Å²) >= 11 is 0. The van der Waals surface area contributed by atoms with E-state index in [0.717, 1.165) is 5.56 Å². The summed E-state index contributed by atoms with van der Waals surface area (Å²) in [6, 6.07) is 14.6. The first-order valence-electron chi connectivity index (χ1n) is 7.27. The summed E-state index contributed by atoms with van der Waals surface area (Å²) in [6.45, 7) is 0. The van der Waals surface area contributed by atoms with Crippen LogP contribution in [0.1, 0.15) is 15.9 Å². The maximum atomic E-state index is 12.6. The molecular formula is C17H20N2O5. The fourth-order valence-electron chi connectivity index (χ4n) is 2.30. The van der Waals surface area contributed by atoms with E-state index in [1.54, 1.807) is 18.2 Å². The molecule has 1 atom stereocenters. The van der Waals surface area contributed by atoms with Gasteiger partial charge in [0.25, 0.3) is 5.91 Å². The lowest BCUT2D eigenvalue weighted by atomic mass is 10.1. The molecule has 7 heteroatoms. The summed E-state index contributed by atoms with van der Waals surface area (Å²) in [4.78, 5) is 21.8. The number of hydrogen-bond donors (Lipinski definition) is 2. The highest BCUT2D eigenvalue weighted by Gasteiger charge is 2.22. The van der Waals surface area contributed by atoms with Crippen LogP contribution in [0.25, 0.3) is 0 Å². The molecule has 0 aliphatic heterocycles. The zero-order valence-electron chi connectivity index (χ0n) is 13.5. The van der Waals surface area contributed by atoms with Gasteiger partial charge in [0.05, 0.1) is 14.2 Å². The van der Waals surface area contributed by atoms with Crippen molar-refractivity contribution in [3.63, 3.8) is 0 Å². The third kappa shape index (κ3) is 4.45. The highest BCUT2D eigenvalue weighted by Crippen LogP contribution is 2.28. The molecule has 0 bridgehead atoms. The average molecular weight is 332 g/mol. The van der Waals surface area contributed by atoms with Gasteiger partial charge in [-0.25, -0.2) is 0 Å². The zero-order valence-corrected chi connectivity index (χ0v) is 13.5. The highest BCUT2D eigenvalue weighted by molar-refractivity contribution is 5.99. The largest absolute Gasteiger partial charge is 0.496 e. The molecular weight excluding hydrogens is 312 g/mol. The Labute approximate surface area is 140 Å². The summed E-state index contributed by atoms with van der Waals surface area (Å²) < 4.78 is 10.5. The number of amides is 1. The van der Waals surface area contributed by atoms with Crippen LogP contribution in [0.2, 0.25) is 0 Å². The Morgan fingerprint density at radius 1 is 1.04 bits per heavy atom. The normalized spacial score (nSPS) is 11.6. The number of nitrogens with one attached hydrogen (secondary N) is 1. The fourth-order valence-corrected chi connectivity index (χ4v) is 2.30. The lowest BCUT2D eigenvalue weighted by Gasteiger charge is -2.19. The van der Waals surface area contributed by atoms with Crippen molar-refractivity contribution in [2.24, 2.45) is 5.90 Å². The second-order valence-corrected chi connectivity index (χ2v) is 4.88. The van der Waals surface area contributed by atoms with Crippen molar-refractivity contribution in [2.45, 2.75) is 12.6 Å². The zero-order chi connectivity index (χ0) is 17.4. The molecule has 0 heterocycles. The molecule has 0 fully saturated rings. The molecule has 0 saturated heterocycles. The van der Waals surface area contributed by atoms with E-state index in [1.807, 2.05) is 30.3 Å². The predicted octanol–water partition coefficient (Wildman–Crippen LogP) is 1.82. The van der Waals surface area contributed by atoms with Gasteiger partial charge in [0, 0.05) is 6.42 Å². The molecule has 0 saturated carbocycles. The Morgan fingerprint density at radius 3 is 2.21 bits per heavy atom. The maximum absolute atomic E-state index is 12.6. The van der Waals surface area contributed by atoms with Crippen molar-refractivity contribution < 1.29 is 24.1 Å². The lowest BCUT2D eigenvalue weighted by Crippen LogP contribution is -2.39. The molecule has 0 radical (unpaired) electrons. The molecule has 2 aromatic carbocycles. The van der Waals surface area contributed by atoms with E-state index in [-0.39, 0.29) is 5.56 Å². The van der Waals surface area contributed by atoms with Gasteiger partial charge < -0.3 is 14.8 Å². The van der Waals surface area contributed by atoms with E-state index >= 15 is 0 Å². The number of carbonyl (C=O) groups excluding carboxylic acids is 1. The van der Waals surface area contributed by atoms with Crippen LogP contribution in [-0.4, -0.2) is 26.4 Å². The minimum absolute atomic E-state index is 0.265. The van der Waals surface area contributed by atoms with Gasteiger partial charge in [-0.1, -0.05) is 36.4 Å². The van der Waals surface area contributed by atoms with Crippen LogP contribution >= 0.6 is 0 Å². The number of nitrogens with two attached hydrogens (primary N) is 1. The van der Waals surface area contributed by atoms with E-state index in [0.29, 0.717) is 17.9 Å². The van der Waals surface area contributed by atoms with Crippen LogP contribution in [0, 0.1) is 0 Å². The third-order valence-corrected chi connectivity index (χ3v) is 3.38. The molecule has 0 unspecified atom stereocenters. The van der Waals surface area contributed by atoms with Gasteiger partial charge in [0.15, 0.2) is 6.23 Å². The quantitative estimate of drug-likeness (QED) is 0.435. The summed E-state index contributed by atoms with van der Waals surface area (Å²) in [5, 5.41) is 2.71. The van der Waals surface area contributed by atoms with E-state index in [2.05, 4.69) is 10.3 Å². The molecule has 7 nitrogen and oxygen atoms in total. The van der Waals surface area contributed by atoms with Crippen LogP contribution in [0.15, 0.2) is 48.5 Å². The number of benzene rings is 2. The van der Waals surface area contributed by atoms with Gasteiger partial charge in [0.1, 0.15) is 17.1 Å². The van der Waals surface area contributed by atoms with Gasteiger partial charge in [-0.15, -0.1) is 4.99 Å². The van der Waals surface area contributed by atoms with Crippen molar-refractivity contribution >= 4 is 5.91 Å². The molecule has 0 aromatic heterocycles. The van der Waals surface area contributed by atoms with Gasteiger partial charge in [-0.05, 0) is 17.7 Å². The van der Waals surface area contributed by atoms with Crippen LogP contribution in [0.5, 0.6) is 11.5 Å². The summed E-state index contributed by atoms with van der Waals surface area (Å²) in [6.07, 6.45) is -0.402. The number of rotatable bonds is 8. The molecule has 128 valence electrons. The SMILES string of the molecule is COc1cccc(OC)c1C(=O)N[C@H](Cc1ccccc1)OON. The van der Waals surface area contributed by atoms with Crippen LogP contribution < -0.4 is 20.7 Å². The Hall–Kier alpha value is -2.61. The van der Waals surface area contributed by atoms with Gasteiger partial charge in [0.2, 0.25) is 0 Å². The molecule has 24 heavy (non-hydrogen) atoms. The van der Waals surface area contributed by atoms with Crippen LogP contribution in [0.4, 0.5) is 0 Å². The van der Waals surface area contributed by atoms with Crippen LogP contribution in [-0.2, 0) is 16.3 Å². The lowest BCUT2D eigenvalue weighted by molar-refractivity contribution is -0.332. The Bertz CT molecular complexity index is 641. The first kappa shape index (κ1) is 17.7. The van der Waals surface area contributed by atoms with E-state index in [9.17, 15) is 4.79 Å². The first-order chi connectivity index (χ1) is 11.7. The van der Waals surface area contributed by atoms with E-state index < -0.39 is 12.1 Å². The molecule has 2 rings (SSSR count). The van der Waals surface area contributed by atoms with Crippen LogP contribution in [0.3, 0.4) is 0 Å². The third-order valence-electron chi connectivity index (χ3n) is 3.38. The number of ether oxygens (including phenoxy) is 2. The summed E-state index contributed by atoms with van der Waals surface area (Å²) in [7, 11) is 2.96. The fraction of sp³-hybridized carbons (Fsp3) is 0.235. The monoisotopic (exact) mass is 332 g/mol. The second-order valence-electron chi connectivity index (χ2n) is 4.88.